The van der Waals surface area contributed by atoms with Gasteiger partial charge in [0.15, 0.2) is 0 Å². The third-order valence-electron chi connectivity index (χ3n) is 3.45. The number of nitrogens with one attached hydrogen (secondary N) is 1. The van der Waals surface area contributed by atoms with Gasteiger partial charge in [-0.05, 0) is 54.8 Å². The standard InChI is InChI=1S/C13H18BrN3/c1-13(2)7-4-8-17(13)10-6-3-5-9(14)11(10)12(15)16/h3,5-6H,4,7-8H2,1-2H3,(H3,15,16). The highest BCUT2D eigenvalue weighted by atomic mass is 79.9. The normalized spacial score (nSPS) is 18.4. The van der Waals surface area contributed by atoms with Crippen LogP contribution >= 0.6 is 15.9 Å². The van der Waals surface area contributed by atoms with Crippen molar-refractivity contribution in [1.29, 1.82) is 5.41 Å². The summed E-state index contributed by atoms with van der Waals surface area (Å²) in [6, 6.07) is 5.98. The minimum absolute atomic E-state index is 0.121. The zero-order chi connectivity index (χ0) is 12.6. The number of nitrogens with zero attached hydrogens (tertiary/aromatic N) is 1. The van der Waals surface area contributed by atoms with Crippen LogP contribution in [0.3, 0.4) is 0 Å². The maximum absolute atomic E-state index is 7.73. The molecular weight excluding hydrogens is 278 g/mol. The van der Waals surface area contributed by atoms with Gasteiger partial charge in [-0.2, -0.15) is 0 Å². The molecule has 3 N–H and O–H groups in total. The number of benzene rings is 1. The fourth-order valence-corrected chi connectivity index (χ4v) is 3.13. The van der Waals surface area contributed by atoms with Crippen LogP contribution in [-0.2, 0) is 0 Å². The highest BCUT2D eigenvalue weighted by Crippen LogP contribution is 2.37. The van der Waals surface area contributed by atoms with E-state index < -0.39 is 0 Å². The van der Waals surface area contributed by atoms with Crippen LogP contribution < -0.4 is 10.6 Å². The minimum atomic E-state index is 0.121. The van der Waals surface area contributed by atoms with Crippen molar-refractivity contribution >= 4 is 27.5 Å². The second kappa shape index (κ2) is 4.33. The first-order valence-electron chi connectivity index (χ1n) is 5.84. The van der Waals surface area contributed by atoms with E-state index in [0.29, 0.717) is 0 Å². The molecule has 1 saturated heterocycles. The summed E-state index contributed by atoms with van der Waals surface area (Å²) in [7, 11) is 0. The fraction of sp³-hybridized carbons (Fsp3) is 0.462. The van der Waals surface area contributed by atoms with E-state index in [9.17, 15) is 0 Å². The van der Waals surface area contributed by atoms with Crippen molar-refractivity contribution in [3.05, 3.63) is 28.2 Å². The van der Waals surface area contributed by atoms with Gasteiger partial charge in [-0.15, -0.1) is 0 Å². The van der Waals surface area contributed by atoms with Gasteiger partial charge in [-0.1, -0.05) is 6.07 Å². The average Bonchev–Trinajstić information content (AvgIpc) is 2.57. The molecule has 1 fully saturated rings. The van der Waals surface area contributed by atoms with Gasteiger partial charge in [-0.25, -0.2) is 0 Å². The summed E-state index contributed by atoms with van der Waals surface area (Å²) in [5, 5.41) is 7.73. The van der Waals surface area contributed by atoms with E-state index in [1.54, 1.807) is 0 Å². The molecule has 0 unspecified atom stereocenters. The van der Waals surface area contributed by atoms with Gasteiger partial charge >= 0.3 is 0 Å². The molecule has 0 aromatic heterocycles. The predicted molar refractivity (Wildman–Crippen MR) is 75.8 cm³/mol. The van der Waals surface area contributed by atoms with Crippen LogP contribution in [0.1, 0.15) is 32.3 Å². The van der Waals surface area contributed by atoms with Crippen LogP contribution in [0.25, 0.3) is 0 Å². The van der Waals surface area contributed by atoms with Crippen molar-refractivity contribution in [3.8, 4) is 0 Å². The largest absolute Gasteiger partial charge is 0.384 e. The Morgan fingerprint density at radius 1 is 1.47 bits per heavy atom. The lowest BCUT2D eigenvalue weighted by molar-refractivity contribution is 0.518. The van der Waals surface area contributed by atoms with Crippen molar-refractivity contribution in [2.45, 2.75) is 32.2 Å². The van der Waals surface area contributed by atoms with Crippen molar-refractivity contribution in [1.82, 2.24) is 0 Å². The first-order chi connectivity index (χ1) is 7.93. The Kier molecular flexibility index (Phi) is 3.17. The van der Waals surface area contributed by atoms with E-state index in [0.717, 1.165) is 22.3 Å². The van der Waals surface area contributed by atoms with E-state index in [2.05, 4.69) is 40.7 Å². The van der Waals surface area contributed by atoms with Crippen LogP contribution in [0, 0.1) is 5.41 Å². The summed E-state index contributed by atoms with van der Waals surface area (Å²) >= 11 is 3.48. The maximum Gasteiger partial charge on any atom is 0.126 e. The molecule has 0 amide bonds. The Labute approximate surface area is 111 Å². The topological polar surface area (TPSA) is 53.1 Å². The number of anilines is 1. The summed E-state index contributed by atoms with van der Waals surface area (Å²) in [5.41, 5.74) is 7.71. The molecular formula is C13H18BrN3. The van der Waals surface area contributed by atoms with Crippen molar-refractivity contribution in [3.63, 3.8) is 0 Å². The van der Waals surface area contributed by atoms with Gasteiger partial charge < -0.3 is 10.6 Å². The molecule has 17 heavy (non-hydrogen) atoms. The summed E-state index contributed by atoms with van der Waals surface area (Å²) < 4.78 is 0.894. The summed E-state index contributed by atoms with van der Waals surface area (Å²) in [6.45, 7) is 5.51. The van der Waals surface area contributed by atoms with Crippen LogP contribution in [0.4, 0.5) is 5.69 Å². The van der Waals surface area contributed by atoms with Crippen LogP contribution in [-0.4, -0.2) is 17.9 Å². The van der Waals surface area contributed by atoms with E-state index in [-0.39, 0.29) is 11.4 Å². The molecule has 1 heterocycles. The minimum Gasteiger partial charge on any atom is -0.384 e. The fourth-order valence-electron chi connectivity index (χ4n) is 2.56. The molecule has 0 bridgehead atoms. The van der Waals surface area contributed by atoms with Crippen molar-refractivity contribution in [2.75, 3.05) is 11.4 Å². The molecule has 0 radical (unpaired) electrons. The zero-order valence-corrected chi connectivity index (χ0v) is 11.8. The third kappa shape index (κ3) is 2.18. The van der Waals surface area contributed by atoms with Crippen LogP contribution in [0.2, 0.25) is 0 Å². The second-order valence-corrected chi connectivity index (χ2v) is 5.97. The van der Waals surface area contributed by atoms with Crippen LogP contribution in [0.5, 0.6) is 0 Å². The molecule has 0 aliphatic carbocycles. The smallest absolute Gasteiger partial charge is 0.126 e. The summed E-state index contributed by atoms with van der Waals surface area (Å²) in [6.07, 6.45) is 2.37. The number of amidine groups is 1. The molecule has 1 aliphatic heterocycles. The summed E-state index contributed by atoms with van der Waals surface area (Å²) in [5.74, 6) is 0.121. The van der Waals surface area contributed by atoms with Crippen molar-refractivity contribution in [2.24, 2.45) is 5.73 Å². The molecule has 1 aliphatic rings. The number of nitrogen functional groups attached to an aromatic ring is 1. The van der Waals surface area contributed by atoms with Gasteiger partial charge in [-0.3, -0.25) is 5.41 Å². The second-order valence-electron chi connectivity index (χ2n) is 5.12. The molecule has 0 spiro atoms. The Hall–Kier alpha value is -1.03. The molecule has 3 nitrogen and oxygen atoms in total. The molecule has 2 rings (SSSR count). The van der Waals surface area contributed by atoms with E-state index in [1.165, 1.54) is 12.8 Å². The Morgan fingerprint density at radius 3 is 2.71 bits per heavy atom. The SMILES string of the molecule is CC1(C)CCCN1c1cccc(Br)c1C(=N)N. The Bertz CT molecular complexity index is 454. The van der Waals surface area contributed by atoms with Gasteiger partial charge in [0, 0.05) is 22.2 Å². The number of halogens is 1. The van der Waals surface area contributed by atoms with Gasteiger partial charge in [0.2, 0.25) is 0 Å². The molecule has 0 atom stereocenters. The molecule has 92 valence electrons. The van der Waals surface area contributed by atoms with Crippen LogP contribution in [0.15, 0.2) is 22.7 Å². The number of nitrogens with two attached hydrogens (primary N) is 1. The quantitative estimate of drug-likeness (QED) is 0.651. The molecule has 1 aromatic rings. The highest BCUT2D eigenvalue weighted by Gasteiger charge is 2.33. The highest BCUT2D eigenvalue weighted by molar-refractivity contribution is 9.10. The monoisotopic (exact) mass is 295 g/mol. The average molecular weight is 296 g/mol. The molecule has 1 aromatic carbocycles. The predicted octanol–water partition coefficient (Wildman–Crippen LogP) is 3.11. The van der Waals surface area contributed by atoms with E-state index in [1.807, 2.05) is 12.1 Å². The van der Waals surface area contributed by atoms with E-state index in [4.69, 9.17) is 11.1 Å². The number of hydrogen-bond donors (Lipinski definition) is 2. The Morgan fingerprint density at radius 2 is 2.18 bits per heavy atom. The summed E-state index contributed by atoms with van der Waals surface area (Å²) in [4.78, 5) is 2.36. The lowest BCUT2D eigenvalue weighted by Crippen LogP contribution is -2.39. The maximum atomic E-state index is 7.73. The first-order valence-corrected chi connectivity index (χ1v) is 6.63. The Balaban J connectivity index is 2.52. The first kappa shape index (κ1) is 12.4. The lowest BCUT2D eigenvalue weighted by atomic mass is 10.0. The molecule has 0 saturated carbocycles. The van der Waals surface area contributed by atoms with Gasteiger partial charge in [0.25, 0.3) is 0 Å². The van der Waals surface area contributed by atoms with Gasteiger partial charge in [0.05, 0.1) is 5.56 Å². The third-order valence-corrected chi connectivity index (χ3v) is 4.11. The van der Waals surface area contributed by atoms with E-state index >= 15 is 0 Å². The number of hydrogen-bond acceptors (Lipinski definition) is 2. The van der Waals surface area contributed by atoms with Crippen molar-refractivity contribution < 1.29 is 0 Å². The number of rotatable bonds is 2. The lowest BCUT2D eigenvalue weighted by Gasteiger charge is -2.35. The molecule has 4 heteroatoms. The zero-order valence-electron chi connectivity index (χ0n) is 10.3. The van der Waals surface area contributed by atoms with Gasteiger partial charge in [0.1, 0.15) is 5.84 Å².